The Balaban J connectivity index is 3.00. The zero-order chi connectivity index (χ0) is 9.14. The minimum atomic E-state index is 0.445. The van der Waals surface area contributed by atoms with Crippen molar-refractivity contribution < 1.29 is 0 Å². The molecule has 64 valence electrons. The van der Waals surface area contributed by atoms with Crippen molar-refractivity contribution in [3.63, 3.8) is 0 Å². The van der Waals surface area contributed by atoms with Crippen LogP contribution in [0, 0.1) is 6.92 Å². The van der Waals surface area contributed by atoms with Crippen molar-refractivity contribution in [3.05, 3.63) is 28.8 Å². The van der Waals surface area contributed by atoms with E-state index < -0.39 is 0 Å². The largest absolute Gasteiger partial charge is 0.341 e. The van der Waals surface area contributed by atoms with Gasteiger partial charge in [0.05, 0.1) is 0 Å². The van der Waals surface area contributed by atoms with Crippen LogP contribution in [0.2, 0.25) is 5.02 Å². The Morgan fingerprint density at radius 2 is 2.25 bits per heavy atom. The Kier molecular flexibility index (Phi) is 3.38. The first-order chi connectivity index (χ1) is 5.61. The van der Waals surface area contributed by atoms with E-state index in [1.54, 1.807) is 0 Å². The molecule has 12 heavy (non-hydrogen) atoms. The Morgan fingerprint density at radius 1 is 1.58 bits per heavy atom. The van der Waals surface area contributed by atoms with Gasteiger partial charge < -0.3 is 5.32 Å². The van der Waals surface area contributed by atoms with Crippen LogP contribution in [0.25, 0.3) is 0 Å². The van der Waals surface area contributed by atoms with Crippen molar-refractivity contribution in [2.45, 2.75) is 6.92 Å². The number of thiocarbonyl (C=S) groups is 1. The summed E-state index contributed by atoms with van der Waals surface area (Å²) in [5.41, 5.74) is 1.89. The highest BCUT2D eigenvalue weighted by Crippen LogP contribution is 2.22. The number of nitrogens with one attached hydrogen (secondary N) is 1. The molecule has 0 radical (unpaired) electrons. The van der Waals surface area contributed by atoms with E-state index in [0.717, 1.165) is 16.3 Å². The zero-order valence-electron chi connectivity index (χ0n) is 6.47. The van der Waals surface area contributed by atoms with E-state index in [9.17, 15) is 0 Å². The fourth-order valence-corrected chi connectivity index (χ4v) is 1.26. The van der Waals surface area contributed by atoms with Gasteiger partial charge in [-0.05, 0) is 24.6 Å². The van der Waals surface area contributed by atoms with Crippen molar-refractivity contribution in [1.82, 2.24) is 0 Å². The maximum atomic E-state index is 5.89. The maximum Gasteiger partial charge on any atom is 0.135 e. The standard InChI is InChI=1S/C8H8ClNS2/c1-5-6(9)3-2-4-7(5)10-8(11)12/h2-4H,1H3,(H2,10,11,12). The summed E-state index contributed by atoms with van der Waals surface area (Å²) in [6.07, 6.45) is 0. The first-order valence-corrected chi connectivity index (χ1v) is 4.59. The Bertz CT molecular complexity index is 312. The van der Waals surface area contributed by atoms with Gasteiger partial charge in [0.2, 0.25) is 0 Å². The number of thiol groups is 1. The fraction of sp³-hybridized carbons (Fsp3) is 0.125. The van der Waals surface area contributed by atoms with E-state index in [1.165, 1.54) is 0 Å². The number of halogens is 1. The van der Waals surface area contributed by atoms with Gasteiger partial charge in [0.25, 0.3) is 0 Å². The van der Waals surface area contributed by atoms with Crippen LogP contribution in [-0.4, -0.2) is 4.32 Å². The lowest BCUT2D eigenvalue weighted by Gasteiger charge is -2.07. The monoisotopic (exact) mass is 217 g/mol. The molecule has 1 aromatic rings. The van der Waals surface area contributed by atoms with Gasteiger partial charge in [0.1, 0.15) is 4.32 Å². The van der Waals surface area contributed by atoms with E-state index in [4.69, 9.17) is 23.8 Å². The second-order valence-corrected chi connectivity index (χ2v) is 3.91. The molecule has 0 fully saturated rings. The van der Waals surface area contributed by atoms with Gasteiger partial charge >= 0.3 is 0 Å². The molecular formula is C8H8ClNS2. The summed E-state index contributed by atoms with van der Waals surface area (Å²) in [6, 6.07) is 5.61. The number of hydrogen-bond acceptors (Lipinski definition) is 1. The molecule has 0 bridgehead atoms. The molecule has 0 atom stereocenters. The molecule has 0 unspecified atom stereocenters. The van der Waals surface area contributed by atoms with Crippen molar-refractivity contribution in [2.24, 2.45) is 0 Å². The summed E-state index contributed by atoms with van der Waals surface area (Å²) >= 11 is 14.6. The van der Waals surface area contributed by atoms with Gasteiger partial charge in [-0.25, -0.2) is 0 Å². The summed E-state index contributed by atoms with van der Waals surface area (Å²) in [6.45, 7) is 1.93. The van der Waals surface area contributed by atoms with Crippen LogP contribution in [0.1, 0.15) is 5.56 Å². The van der Waals surface area contributed by atoms with Crippen molar-refractivity contribution in [2.75, 3.05) is 5.32 Å². The second kappa shape index (κ2) is 4.12. The molecule has 1 nitrogen and oxygen atoms in total. The van der Waals surface area contributed by atoms with Crippen LogP contribution in [0.3, 0.4) is 0 Å². The van der Waals surface area contributed by atoms with Gasteiger partial charge in [0.15, 0.2) is 0 Å². The van der Waals surface area contributed by atoms with Gasteiger partial charge in [0, 0.05) is 10.7 Å². The topological polar surface area (TPSA) is 12.0 Å². The number of hydrogen-bond donors (Lipinski definition) is 2. The van der Waals surface area contributed by atoms with E-state index >= 15 is 0 Å². The van der Waals surface area contributed by atoms with E-state index in [2.05, 4.69) is 17.9 Å². The Morgan fingerprint density at radius 3 is 2.83 bits per heavy atom. The third kappa shape index (κ3) is 2.37. The van der Waals surface area contributed by atoms with Gasteiger partial charge in [-0.15, -0.1) is 12.6 Å². The van der Waals surface area contributed by atoms with Crippen LogP contribution in [0.4, 0.5) is 5.69 Å². The smallest absolute Gasteiger partial charge is 0.135 e. The van der Waals surface area contributed by atoms with Crippen molar-refractivity contribution in [1.29, 1.82) is 0 Å². The van der Waals surface area contributed by atoms with Crippen LogP contribution in [0.5, 0.6) is 0 Å². The lowest BCUT2D eigenvalue weighted by molar-refractivity contribution is 1.46. The predicted molar refractivity (Wildman–Crippen MR) is 61.4 cm³/mol. The van der Waals surface area contributed by atoms with E-state index in [0.29, 0.717) is 4.32 Å². The normalized spacial score (nSPS) is 9.58. The molecule has 0 aliphatic rings. The lowest BCUT2D eigenvalue weighted by atomic mass is 10.2. The molecular weight excluding hydrogens is 210 g/mol. The van der Waals surface area contributed by atoms with Crippen LogP contribution < -0.4 is 5.32 Å². The molecule has 0 amide bonds. The van der Waals surface area contributed by atoms with Crippen LogP contribution >= 0.6 is 36.4 Å². The van der Waals surface area contributed by atoms with Gasteiger partial charge in [-0.2, -0.15) is 0 Å². The van der Waals surface area contributed by atoms with Gasteiger partial charge in [-0.3, -0.25) is 0 Å². The molecule has 0 aliphatic carbocycles. The minimum Gasteiger partial charge on any atom is -0.341 e. The average Bonchev–Trinajstić information content (AvgIpc) is 1.98. The third-order valence-electron chi connectivity index (χ3n) is 1.51. The summed E-state index contributed by atoms with van der Waals surface area (Å²) in [5, 5.41) is 3.65. The third-order valence-corrected chi connectivity index (χ3v) is 2.13. The molecule has 4 heteroatoms. The second-order valence-electron chi connectivity index (χ2n) is 2.34. The van der Waals surface area contributed by atoms with Crippen LogP contribution in [0.15, 0.2) is 18.2 Å². The van der Waals surface area contributed by atoms with Gasteiger partial charge in [-0.1, -0.05) is 29.9 Å². The number of anilines is 1. The number of benzene rings is 1. The molecule has 0 spiro atoms. The summed E-state index contributed by atoms with van der Waals surface area (Å²) < 4.78 is 0.445. The van der Waals surface area contributed by atoms with E-state index in [-0.39, 0.29) is 0 Å². The molecule has 0 aromatic heterocycles. The first-order valence-electron chi connectivity index (χ1n) is 3.36. The van der Waals surface area contributed by atoms with Crippen molar-refractivity contribution >= 4 is 46.5 Å². The fourth-order valence-electron chi connectivity index (χ4n) is 0.858. The highest BCUT2D eigenvalue weighted by Gasteiger charge is 2.00. The minimum absolute atomic E-state index is 0.445. The Hall–Kier alpha value is -0.250. The molecule has 1 aromatic carbocycles. The van der Waals surface area contributed by atoms with Crippen molar-refractivity contribution in [3.8, 4) is 0 Å². The quantitative estimate of drug-likeness (QED) is 0.553. The molecule has 0 heterocycles. The average molecular weight is 218 g/mol. The summed E-state index contributed by atoms with van der Waals surface area (Å²) in [4.78, 5) is 0. The highest BCUT2D eigenvalue weighted by molar-refractivity contribution is 8.11. The molecule has 0 saturated carbocycles. The summed E-state index contributed by atoms with van der Waals surface area (Å²) in [5.74, 6) is 0. The molecule has 1 N–H and O–H groups in total. The number of rotatable bonds is 1. The lowest BCUT2D eigenvalue weighted by Crippen LogP contribution is -2.02. The van der Waals surface area contributed by atoms with E-state index in [1.807, 2.05) is 25.1 Å². The zero-order valence-corrected chi connectivity index (χ0v) is 8.93. The summed E-state index contributed by atoms with van der Waals surface area (Å²) in [7, 11) is 0. The first kappa shape index (κ1) is 9.84. The van der Waals surface area contributed by atoms with Crippen LogP contribution in [-0.2, 0) is 0 Å². The molecule has 1 rings (SSSR count). The SMILES string of the molecule is Cc1c(Cl)cccc1NC(=S)S. The molecule has 0 saturated heterocycles. The predicted octanol–water partition coefficient (Wildman–Crippen LogP) is 3.28. The molecule has 0 aliphatic heterocycles. The Labute approximate surface area is 87.5 Å². The maximum absolute atomic E-state index is 5.89. The highest BCUT2D eigenvalue weighted by atomic mass is 35.5.